The fraction of sp³-hybridized carbons (Fsp3) is 0.524. The van der Waals surface area contributed by atoms with Crippen LogP contribution >= 0.6 is 0 Å². The summed E-state index contributed by atoms with van der Waals surface area (Å²) in [5.41, 5.74) is 2.36. The van der Waals surface area contributed by atoms with Crippen LogP contribution in [0.15, 0.2) is 41.5 Å². The average molecular weight is 370 g/mol. The molecule has 1 aliphatic heterocycles. The van der Waals surface area contributed by atoms with Gasteiger partial charge in [0.2, 0.25) is 0 Å². The highest BCUT2D eigenvalue weighted by molar-refractivity contribution is 5.82. The Morgan fingerprint density at radius 3 is 2.89 bits per heavy atom. The lowest BCUT2D eigenvalue weighted by atomic mass is 10.1. The second-order valence-electron chi connectivity index (χ2n) is 6.74. The lowest BCUT2D eigenvalue weighted by molar-refractivity contribution is 0.0377. The molecule has 1 aromatic heterocycles. The van der Waals surface area contributed by atoms with Crippen LogP contribution in [0.25, 0.3) is 10.9 Å². The van der Waals surface area contributed by atoms with E-state index >= 15 is 0 Å². The SMILES string of the molecule is CCNC(=NCCCN1CCOCC1)NCCc1cccc2cccnc12. The molecule has 2 heterocycles. The first-order valence-corrected chi connectivity index (χ1v) is 10.0. The Morgan fingerprint density at radius 1 is 1.19 bits per heavy atom. The van der Waals surface area contributed by atoms with Crippen LogP contribution in [0.2, 0.25) is 0 Å². The smallest absolute Gasteiger partial charge is 0.191 e. The molecule has 1 aliphatic rings. The summed E-state index contributed by atoms with van der Waals surface area (Å²) in [7, 11) is 0. The van der Waals surface area contributed by atoms with Crippen LogP contribution in [0.1, 0.15) is 18.9 Å². The van der Waals surface area contributed by atoms with Crippen LogP contribution in [-0.4, -0.2) is 68.3 Å². The van der Waals surface area contributed by atoms with Crippen molar-refractivity contribution in [3.8, 4) is 0 Å². The van der Waals surface area contributed by atoms with Crippen molar-refractivity contribution in [2.45, 2.75) is 19.8 Å². The van der Waals surface area contributed by atoms with E-state index in [1.165, 1.54) is 10.9 Å². The van der Waals surface area contributed by atoms with Gasteiger partial charge in [-0.3, -0.25) is 14.9 Å². The van der Waals surface area contributed by atoms with Crippen molar-refractivity contribution in [3.63, 3.8) is 0 Å². The predicted octanol–water partition coefficient (Wildman–Crippen LogP) is 2.05. The Labute approximate surface area is 162 Å². The zero-order valence-corrected chi connectivity index (χ0v) is 16.3. The average Bonchev–Trinajstić information content (AvgIpc) is 2.72. The summed E-state index contributed by atoms with van der Waals surface area (Å²) >= 11 is 0. The van der Waals surface area contributed by atoms with Gasteiger partial charge in [0.15, 0.2) is 5.96 Å². The minimum Gasteiger partial charge on any atom is -0.379 e. The number of benzene rings is 1. The molecular formula is C21H31N5O. The van der Waals surface area contributed by atoms with E-state index in [0.29, 0.717) is 0 Å². The highest BCUT2D eigenvalue weighted by Crippen LogP contribution is 2.15. The maximum Gasteiger partial charge on any atom is 0.191 e. The second-order valence-corrected chi connectivity index (χ2v) is 6.74. The van der Waals surface area contributed by atoms with Crippen molar-refractivity contribution < 1.29 is 4.74 Å². The Kier molecular flexibility index (Phi) is 7.86. The third kappa shape index (κ3) is 6.19. The zero-order chi connectivity index (χ0) is 18.7. The van der Waals surface area contributed by atoms with Gasteiger partial charge >= 0.3 is 0 Å². The second kappa shape index (κ2) is 10.8. The Hall–Kier alpha value is -2.18. The summed E-state index contributed by atoms with van der Waals surface area (Å²) in [5.74, 6) is 0.896. The summed E-state index contributed by atoms with van der Waals surface area (Å²) in [6.45, 7) is 9.53. The van der Waals surface area contributed by atoms with Gasteiger partial charge in [0.05, 0.1) is 18.7 Å². The van der Waals surface area contributed by atoms with Gasteiger partial charge in [-0.05, 0) is 31.4 Å². The van der Waals surface area contributed by atoms with Crippen molar-refractivity contribution >= 4 is 16.9 Å². The van der Waals surface area contributed by atoms with E-state index in [1.807, 2.05) is 12.3 Å². The minimum atomic E-state index is 0.836. The molecule has 0 aliphatic carbocycles. The third-order valence-electron chi connectivity index (χ3n) is 4.75. The molecule has 6 heteroatoms. The van der Waals surface area contributed by atoms with Crippen molar-refractivity contribution in [2.75, 3.05) is 52.5 Å². The van der Waals surface area contributed by atoms with Crippen LogP contribution in [0, 0.1) is 0 Å². The molecule has 1 aromatic carbocycles. The number of aliphatic imine (C=N–C) groups is 1. The van der Waals surface area contributed by atoms with Crippen LogP contribution in [-0.2, 0) is 11.2 Å². The number of aromatic nitrogens is 1. The molecule has 6 nitrogen and oxygen atoms in total. The number of pyridine rings is 1. The number of ether oxygens (including phenoxy) is 1. The number of hydrogen-bond acceptors (Lipinski definition) is 4. The summed E-state index contributed by atoms with van der Waals surface area (Å²) in [4.78, 5) is 11.7. The molecule has 0 spiro atoms. The van der Waals surface area contributed by atoms with Crippen molar-refractivity contribution in [2.24, 2.45) is 4.99 Å². The van der Waals surface area contributed by atoms with Crippen LogP contribution in [0.3, 0.4) is 0 Å². The summed E-state index contributed by atoms with van der Waals surface area (Å²) in [6, 6.07) is 10.5. The van der Waals surface area contributed by atoms with Crippen LogP contribution < -0.4 is 10.6 Å². The molecule has 0 unspecified atom stereocenters. The van der Waals surface area contributed by atoms with E-state index in [1.54, 1.807) is 0 Å². The molecule has 3 rings (SSSR count). The van der Waals surface area contributed by atoms with Crippen LogP contribution in [0.4, 0.5) is 0 Å². The number of nitrogens with one attached hydrogen (secondary N) is 2. The first-order chi connectivity index (χ1) is 13.4. The van der Waals surface area contributed by atoms with E-state index in [-0.39, 0.29) is 0 Å². The molecule has 1 fully saturated rings. The molecule has 0 saturated carbocycles. The molecule has 2 aromatic rings. The number of fused-ring (bicyclic) bond motifs is 1. The largest absolute Gasteiger partial charge is 0.379 e. The van der Waals surface area contributed by atoms with Gasteiger partial charge in [0.1, 0.15) is 0 Å². The van der Waals surface area contributed by atoms with Gasteiger partial charge in [-0.25, -0.2) is 0 Å². The molecule has 1 saturated heterocycles. The standard InChI is InChI=1S/C21H31N5O/c1-2-22-21(24-11-5-13-26-14-16-27-17-15-26)25-12-9-19-7-3-6-18-8-4-10-23-20(18)19/h3-4,6-8,10H,2,5,9,11-17H2,1H3,(H2,22,24,25). The summed E-state index contributed by atoms with van der Waals surface area (Å²) < 4.78 is 5.39. The molecule has 27 heavy (non-hydrogen) atoms. The molecule has 0 radical (unpaired) electrons. The minimum absolute atomic E-state index is 0.836. The maximum atomic E-state index is 5.39. The molecule has 0 atom stereocenters. The monoisotopic (exact) mass is 369 g/mol. The molecule has 146 valence electrons. The Balaban J connectivity index is 1.45. The van der Waals surface area contributed by atoms with Gasteiger partial charge in [-0.1, -0.05) is 24.3 Å². The third-order valence-corrected chi connectivity index (χ3v) is 4.75. The van der Waals surface area contributed by atoms with Crippen molar-refractivity contribution in [1.82, 2.24) is 20.5 Å². The highest BCUT2D eigenvalue weighted by Gasteiger charge is 2.09. The lowest BCUT2D eigenvalue weighted by Gasteiger charge is -2.26. The Bertz CT molecular complexity index is 722. The van der Waals surface area contributed by atoms with Gasteiger partial charge in [0, 0.05) is 50.9 Å². The van der Waals surface area contributed by atoms with Gasteiger partial charge < -0.3 is 15.4 Å². The number of guanidine groups is 1. The fourth-order valence-corrected chi connectivity index (χ4v) is 3.34. The Morgan fingerprint density at radius 2 is 2.04 bits per heavy atom. The quantitative estimate of drug-likeness (QED) is 0.424. The number of para-hydroxylation sites is 1. The normalized spacial score (nSPS) is 15.8. The van der Waals surface area contributed by atoms with E-state index in [2.05, 4.69) is 51.7 Å². The summed E-state index contributed by atoms with van der Waals surface area (Å²) in [6.07, 6.45) is 3.86. The fourth-order valence-electron chi connectivity index (χ4n) is 3.34. The summed E-state index contributed by atoms with van der Waals surface area (Å²) in [5, 5.41) is 7.98. The maximum absolute atomic E-state index is 5.39. The molecule has 0 bridgehead atoms. The van der Waals surface area contributed by atoms with Gasteiger partial charge in [-0.2, -0.15) is 0 Å². The highest BCUT2D eigenvalue weighted by atomic mass is 16.5. The van der Waals surface area contributed by atoms with Crippen LogP contribution in [0.5, 0.6) is 0 Å². The van der Waals surface area contributed by atoms with Gasteiger partial charge in [0.25, 0.3) is 0 Å². The van der Waals surface area contributed by atoms with E-state index in [0.717, 1.165) is 76.8 Å². The first kappa shape index (κ1) is 19.6. The molecular weight excluding hydrogens is 338 g/mol. The van der Waals surface area contributed by atoms with E-state index < -0.39 is 0 Å². The van der Waals surface area contributed by atoms with E-state index in [9.17, 15) is 0 Å². The molecule has 0 amide bonds. The molecule has 2 N–H and O–H groups in total. The first-order valence-electron chi connectivity index (χ1n) is 10.0. The van der Waals surface area contributed by atoms with Crippen molar-refractivity contribution in [1.29, 1.82) is 0 Å². The number of rotatable bonds is 8. The predicted molar refractivity (Wildman–Crippen MR) is 111 cm³/mol. The van der Waals surface area contributed by atoms with Crippen molar-refractivity contribution in [3.05, 3.63) is 42.1 Å². The lowest BCUT2D eigenvalue weighted by Crippen LogP contribution is -2.39. The van der Waals surface area contributed by atoms with E-state index in [4.69, 9.17) is 9.73 Å². The number of nitrogens with zero attached hydrogens (tertiary/aromatic N) is 3. The number of hydrogen-bond donors (Lipinski definition) is 2. The number of morpholine rings is 1. The zero-order valence-electron chi connectivity index (χ0n) is 16.3. The topological polar surface area (TPSA) is 61.8 Å². The van der Waals surface area contributed by atoms with Gasteiger partial charge in [-0.15, -0.1) is 0 Å².